The Balaban J connectivity index is 1.39. The topological polar surface area (TPSA) is 121 Å². The van der Waals surface area contributed by atoms with E-state index >= 15 is 0 Å². The molecule has 5 N–H and O–H groups in total. The summed E-state index contributed by atoms with van der Waals surface area (Å²) < 4.78 is 46.2. The summed E-state index contributed by atoms with van der Waals surface area (Å²) >= 11 is 0. The number of pyridine rings is 1. The van der Waals surface area contributed by atoms with Gasteiger partial charge in [-0.05, 0) is 68.1 Å². The van der Waals surface area contributed by atoms with Crippen molar-refractivity contribution >= 4 is 22.6 Å². The van der Waals surface area contributed by atoms with Crippen molar-refractivity contribution in [2.45, 2.75) is 38.3 Å². The number of carbonyl (C=O) groups is 1. The first-order valence-electron chi connectivity index (χ1n) is 12.9. The minimum absolute atomic E-state index is 0.172. The van der Waals surface area contributed by atoms with Crippen molar-refractivity contribution in [3.05, 3.63) is 65.1 Å². The number of fused-ring (bicyclic) bond motifs is 1. The Morgan fingerprint density at radius 2 is 1.90 bits per heavy atom. The van der Waals surface area contributed by atoms with Gasteiger partial charge < -0.3 is 30.9 Å². The Morgan fingerprint density at radius 1 is 1.21 bits per heavy atom. The second-order valence-electron chi connectivity index (χ2n) is 9.94. The van der Waals surface area contributed by atoms with Crippen molar-refractivity contribution < 1.29 is 32.9 Å². The smallest absolute Gasteiger partial charge is 0.309 e. The van der Waals surface area contributed by atoms with Gasteiger partial charge in [0.05, 0.1) is 24.1 Å². The molecule has 210 valence electrons. The highest BCUT2D eigenvalue weighted by Gasteiger charge is 2.41. The molecule has 2 heterocycles. The number of hydrogen-bond donors (Lipinski definition) is 4. The Bertz CT molecular complexity index is 1300. The maximum atomic E-state index is 13.9. The van der Waals surface area contributed by atoms with Gasteiger partial charge in [0.1, 0.15) is 17.3 Å². The molecule has 0 amide bonds. The average molecular weight is 547 g/mol. The van der Waals surface area contributed by atoms with Crippen LogP contribution in [0, 0.1) is 22.9 Å². The lowest BCUT2D eigenvalue weighted by Gasteiger charge is -2.39. The van der Waals surface area contributed by atoms with Crippen LogP contribution in [0.4, 0.5) is 18.9 Å². The minimum Gasteiger partial charge on any atom is -0.497 e. The van der Waals surface area contributed by atoms with E-state index in [1.165, 1.54) is 0 Å². The summed E-state index contributed by atoms with van der Waals surface area (Å²) in [4.78, 5) is 18.8. The number of aliphatic hydroxyl groups excluding tert-OH is 1. The van der Waals surface area contributed by atoms with Crippen LogP contribution in [-0.2, 0) is 11.3 Å². The van der Waals surface area contributed by atoms with Gasteiger partial charge in [-0.15, -0.1) is 0 Å². The quantitative estimate of drug-likeness (QED) is 0.282. The van der Waals surface area contributed by atoms with Crippen molar-refractivity contribution in [3.63, 3.8) is 0 Å². The van der Waals surface area contributed by atoms with Crippen molar-refractivity contribution in [1.29, 1.82) is 0 Å². The van der Waals surface area contributed by atoms with E-state index in [9.17, 15) is 28.2 Å². The molecule has 0 spiro atoms. The van der Waals surface area contributed by atoms with Crippen LogP contribution in [-0.4, -0.2) is 59.4 Å². The first-order chi connectivity index (χ1) is 18.7. The normalized spacial score (nSPS) is 16.3. The van der Waals surface area contributed by atoms with Gasteiger partial charge >= 0.3 is 5.97 Å². The Morgan fingerprint density at radius 3 is 2.51 bits per heavy atom. The van der Waals surface area contributed by atoms with Crippen LogP contribution in [0.3, 0.4) is 0 Å². The lowest BCUT2D eigenvalue weighted by atomic mass is 9.74. The molecule has 0 saturated carbocycles. The zero-order valence-corrected chi connectivity index (χ0v) is 21.7. The van der Waals surface area contributed by atoms with Crippen LogP contribution >= 0.6 is 0 Å². The maximum absolute atomic E-state index is 13.9. The van der Waals surface area contributed by atoms with E-state index in [4.69, 9.17) is 10.5 Å². The fourth-order valence-electron chi connectivity index (χ4n) is 5.30. The molecule has 8 nitrogen and oxygen atoms in total. The number of aliphatic carboxylic acids is 1. The third-order valence-electron chi connectivity index (χ3n) is 7.65. The number of piperidine rings is 1. The van der Waals surface area contributed by atoms with Crippen molar-refractivity contribution in [1.82, 2.24) is 9.88 Å². The molecule has 0 bridgehead atoms. The number of hydrogen-bond acceptors (Lipinski definition) is 7. The van der Waals surface area contributed by atoms with Crippen LogP contribution in [0.15, 0.2) is 36.5 Å². The standard InChI is InChI=1S/C28H33F3N4O4/c1-39-19-2-3-23-20(14-19)25(17(15-32)16-34-23)24(36)4-5-28(27(37)38)6-9-35(10-7-28)11-8-33-26-21(30)12-18(29)13-22(26)31/h2-3,12-14,16,24,33,36H,4-11,15,32H2,1H3,(H,37,38)/t24-/m1/s1. The number of ether oxygens (including phenoxy) is 1. The number of rotatable bonds is 11. The van der Waals surface area contributed by atoms with Crippen molar-refractivity contribution in [3.8, 4) is 5.75 Å². The Kier molecular flexibility index (Phi) is 8.94. The number of carboxylic acids is 1. The molecule has 1 aliphatic heterocycles. The lowest BCUT2D eigenvalue weighted by molar-refractivity contribution is -0.153. The fourth-order valence-corrected chi connectivity index (χ4v) is 5.30. The highest BCUT2D eigenvalue weighted by atomic mass is 19.1. The van der Waals surface area contributed by atoms with Gasteiger partial charge in [-0.3, -0.25) is 9.78 Å². The third-order valence-corrected chi connectivity index (χ3v) is 7.65. The molecule has 1 fully saturated rings. The van der Waals surface area contributed by atoms with Crippen LogP contribution in [0.25, 0.3) is 10.9 Å². The molecule has 39 heavy (non-hydrogen) atoms. The number of nitrogens with two attached hydrogens (primary N) is 1. The number of aliphatic hydroxyl groups is 1. The summed E-state index contributed by atoms with van der Waals surface area (Å²) in [6, 6.07) is 6.60. The highest BCUT2D eigenvalue weighted by Crippen LogP contribution is 2.40. The van der Waals surface area contributed by atoms with Gasteiger partial charge in [0.15, 0.2) is 11.6 Å². The largest absolute Gasteiger partial charge is 0.497 e. The molecule has 1 aliphatic rings. The molecule has 11 heteroatoms. The molecule has 1 aromatic heterocycles. The Labute approximate surface area is 224 Å². The van der Waals surface area contributed by atoms with E-state index in [0.717, 1.165) is 0 Å². The van der Waals surface area contributed by atoms with Crippen LogP contribution < -0.4 is 15.8 Å². The van der Waals surface area contributed by atoms with E-state index in [1.54, 1.807) is 31.5 Å². The zero-order chi connectivity index (χ0) is 28.2. The van der Waals surface area contributed by atoms with E-state index in [2.05, 4.69) is 10.3 Å². The molecule has 0 radical (unpaired) electrons. The van der Waals surface area contributed by atoms with Gasteiger partial charge in [0.2, 0.25) is 0 Å². The monoisotopic (exact) mass is 546 g/mol. The fraction of sp³-hybridized carbons (Fsp3) is 0.429. The minimum atomic E-state index is -1.01. The van der Waals surface area contributed by atoms with Gasteiger partial charge in [-0.1, -0.05) is 0 Å². The highest BCUT2D eigenvalue weighted by molar-refractivity contribution is 5.85. The van der Waals surface area contributed by atoms with Gasteiger partial charge in [0.25, 0.3) is 0 Å². The zero-order valence-electron chi connectivity index (χ0n) is 21.7. The van der Waals surface area contributed by atoms with Gasteiger partial charge in [-0.25, -0.2) is 13.2 Å². The maximum Gasteiger partial charge on any atom is 0.309 e. The second-order valence-corrected chi connectivity index (χ2v) is 9.94. The summed E-state index contributed by atoms with van der Waals surface area (Å²) in [6.45, 7) is 1.76. The number of aromatic nitrogens is 1. The molecular weight excluding hydrogens is 513 g/mol. The van der Waals surface area contributed by atoms with Gasteiger partial charge in [0, 0.05) is 43.4 Å². The number of benzene rings is 2. The van der Waals surface area contributed by atoms with Crippen molar-refractivity contribution in [2.24, 2.45) is 11.1 Å². The molecule has 0 unspecified atom stereocenters. The van der Waals surface area contributed by atoms with E-state index < -0.39 is 34.9 Å². The number of carboxylic acid groups (broad SMARTS) is 1. The van der Waals surface area contributed by atoms with E-state index in [0.29, 0.717) is 72.4 Å². The molecule has 1 atom stereocenters. The predicted molar refractivity (Wildman–Crippen MR) is 141 cm³/mol. The second kappa shape index (κ2) is 12.2. The summed E-state index contributed by atoms with van der Waals surface area (Å²) in [6.07, 6.45) is 1.91. The lowest BCUT2D eigenvalue weighted by Crippen LogP contribution is -2.45. The van der Waals surface area contributed by atoms with Crippen LogP contribution in [0.2, 0.25) is 0 Å². The summed E-state index contributed by atoms with van der Waals surface area (Å²) in [5.41, 5.74) is 6.53. The molecular formula is C28H33F3N4O4. The first-order valence-corrected chi connectivity index (χ1v) is 12.9. The third kappa shape index (κ3) is 6.26. The molecule has 1 saturated heterocycles. The summed E-state index contributed by atoms with van der Waals surface area (Å²) in [5, 5.41) is 24.7. The summed E-state index contributed by atoms with van der Waals surface area (Å²) in [7, 11) is 1.55. The average Bonchev–Trinajstić information content (AvgIpc) is 2.92. The Hall–Kier alpha value is -3.41. The number of nitrogens with one attached hydrogen (secondary N) is 1. The molecule has 3 aromatic rings. The molecule has 4 rings (SSSR count). The number of halogens is 3. The predicted octanol–water partition coefficient (Wildman–Crippen LogP) is 4.21. The molecule has 0 aliphatic carbocycles. The van der Waals surface area contributed by atoms with Crippen LogP contribution in [0.1, 0.15) is 42.9 Å². The number of likely N-dealkylation sites (tertiary alicyclic amines) is 1. The molecule has 2 aromatic carbocycles. The van der Waals surface area contributed by atoms with Crippen LogP contribution in [0.5, 0.6) is 5.75 Å². The van der Waals surface area contributed by atoms with Gasteiger partial charge in [-0.2, -0.15) is 0 Å². The van der Waals surface area contributed by atoms with E-state index in [-0.39, 0.29) is 31.6 Å². The first kappa shape index (κ1) is 28.6. The van der Waals surface area contributed by atoms with E-state index in [1.807, 2.05) is 4.90 Å². The summed E-state index contributed by atoms with van der Waals surface area (Å²) in [5.74, 6) is -3.30. The van der Waals surface area contributed by atoms with Crippen molar-refractivity contribution in [2.75, 3.05) is 38.6 Å². The SMILES string of the molecule is COc1ccc2ncc(CN)c([C@H](O)CCC3(C(=O)O)CCN(CCNc4c(F)cc(F)cc4F)CC3)c2c1. The number of methoxy groups -OCH3 is 1. The number of nitrogens with zero attached hydrogens (tertiary/aromatic N) is 2. The number of anilines is 1.